The highest BCUT2D eigenvalue weighted by molar-refractivity contribution is 5.78. The van der Waals surface area contributed by atoms with Crippen LogP contribution in [0.2, 0.25) is 0 Å². The quantitative estimate of drug-likeness (QED) is 0.0487. The molecule has 51 heavy (non-hydrogen) atoms. The highest BCUT2D eigenvalue weighted by Crippen LogP contribution is 2.16. The number of Topliss-reactive ketones (excluding diaryl/α,β-unsaturated/α-hetero) is 1. The predicted octanol–water partition coefficient (Wildman–Crippen LogP) is 14.8. The molecule has 0 bridgehead atoms. The van der Waals surface area contributed by atoms with Gasteiger partial charge in [-0.15, -0.1) is 0 Å². The average Bonchev–Trinajstić information content (AvgIpc) is 3.13. The van der Waals surface area contributed by atoms with Crippen LogP contribution in [-0.4, -0.2) is 29.4 Å². The van der Waals surface area contributed by atoms with Gasteiger partial charge in [-0.05, 0) is 51.4 Å². The first kappa shape index (κ1) is 49.8. The second-order valence-electron chi connectivity index (χ2n) is 16.0. The van der Waals surface area contributed by atoms with Crippen LogP contribution in [0, 0.1) is 0 Å². The lowest BCUT2D eigenvalue weighted by Gasteiger charge is -2.12. The van der Waals surface area contributed by atoms with Crippen molar-refractivity contribution in [3.05, 3.63) is 12.2 Å². The van der Waals surface area contributed by atoms with Crippen LogP contribution in [0.3, 0.4) is 0 Å². The zero-order chi connectivity index (χ0) is 37.1. The molecule has 0 aromatic carbocycles. The zero-order valence-corrected chi connectivity index (χ0v) is 34.8. The highest BCUT2D eigenvalue weighted by atomic mass is 16.3. The molecule has 302 valence electrons. The molecule has 0 saturated heterocycles. The number of nitrogens with one attached hydrogen (secondary N) is 1. The van der Waals surface area contributed by atoms with Gasteiger partial charge in [0, 0.05) is 25.8 Å². The van der Waals surface area contributed by atoms with Crippen LogP contribution in [-0.2, 0) is 9.59 Å². The molecule has 0 rings (SSSR count). The van der Waals surface area contributed by atoms with E-state index < -0.39 is 6.10 Å². The van der Waals surface area contributed by atoms with Gasteiger partial charge in [0.2, 0.25) is 5.91 Å². The molecule has 0 radical (unpaired) electrons. The molecule has 0 saturated carbocycles. The third-order valence-corrected chi connectivity index (χ3v) is 10.8. The number of aliphatic hydroxyl groups is 1. The second kappa shape index (κ2) is 43.2. The number of unbranched alkanes of at least 4 members (excludes halogenated alkanes) is 31. The van der Waals surface area contributed by atoms with Gasteiger partial charge >= 0.3 is 0 Å². The minimum atomic E-state index is -0.409. The molecule has 2 N–H and O–H groups in total. The monoisotopic (exact) mass is 718 g/mol. The van der Waals surface area contributed by atoms with Crippen LogP contribution in [0.25, 0.3) is 0 Å². The minimum absolute atomic E-state index is 0.0847. The van der Waals surface area contributed by atoms with E-state index in [9.17, 15) is 14.7 Å². The van der Waals surface area contributed by atoms with Crippen molar-refractivity contribution in [2.24, 2.45) is 0 Å². The fourth-order valence-electron chi connectivity index (χ4n) is 7.18. The molecule has 0 heterocycles. The van der Waals surface area contributed by atoms with E-state index in [0.29, 0.717) is 18.7 Å². The number of hydrogen-bond donors (Lipinski definition) is 2. The molecule has 4 heteroatoms. The minimum Gasteiger partial charge on any atom is -0.391 e. The summed E-state index contributed by atoms with van der Waals surface area (Å²) in [5.74, 6) is 0.551. The SMILES string of the molecule is CCCCCCCC/C=C\CCCCCCCC(=O)CCCCCCCCCCC(=O)NC[C@@H](O)CCCCCCCCCCCCCCCC. The van der Waals surface area contributed by atoms with Crippen molar-refractivity contribution < 1.29 is 14.7 Å². The summed E-state index contributed by atoms with van der Waals surface area (Å²) in [5.41, 5.74) is 0. The largest absolute Gasteiger partial charge is 0.391 e. The van der Waals surface area contributed by atoms with E-state index in [1.54, 1.807) is 0 Å². The third-order valence-electron chi connectivity index (χ3n) is 10.8. The van der Waals surface area contributed by atoms with Crippen molar-refractivity contribution >= 4 is 11.7 Å². The summed E-state index contributed by atoms with van der Waals surface area (Å²) in [6, 6.07) is 0. The summed E-state index contributed by atoms with van der Waals surface area (Å²) >= 11 is 0. The van der Waals surface area contributed by atoms with Gasteiger partial charge in [0.25, 0.3) is 0 Å². The van der Waals surface area contributed by atoms with Crippen molar-refractivity contribution in [1.29, 1.82) is 0 Å². The summed E-state index contributed by atoms with van der Waals surface area (Å²) in [6.07, 6.45) is 52.1. The number of hydrogen-bond acceptors (Lipinski definition) is 3. The fraction of sp³-hybridized carbons (Fsp3) is 0.915. The van der Waals surface area contributed by atoms with Crippen molar-refractivity contribution in [1.82, 2.24) is 5.32 Å². The van der Waals surface area contributed by atoms with Crippen LogP contribution in [0.5, 0.6) is 0 Å². The molecule has 4 nitrogen and oxygen atoms in total. The Morgan fingerprint density at radius 3 is 1.14 bits per heavy atom. The van der Waals surface area contributed by atoms with Gasteiger partial charge in [-0.1, -0.05) is 206 Å². The lowest BCUT2D eigenvalue weighted by molar-refractivity contribution is -0.121. The number of carbonyl (C=O) groups is 2. The fourth-order valence-corrected chi connectivity index (χ4v) is 7.18. The van der Waals surface area contributed by atoms with E-state index in [1.165, 1.54) is 193 Å². The van der Waals surface area contributed by atoms with Gasteiger partial charge < -0.3 is 10.4 Å². The van der Waals surface area contributed by atoms with Crippen molar-refractivity contribution in [2.45, 2.75) is 270 Å². The third kappa shape index (κ3) is 43.1. The van der Waals surface area contributed by atoms with Crippen molar-refractivity contribution in [3.8, 4) is 0 Å². The molecule has 0 aliphatic rings. The van der Waals surface area contributed by atoms with Gasteiger partial charge in [0.1, 0.15) is 5.78 Å². The van der Waals surface area contributed by atoms with E-state index in [-0.39, 0.29) is 5.91 Å². The Morgan fingerprint density at radius 1 is 0.431 bits per heavy atom. The highest BCUT2D eigenvalue weighted by Gasteiger charge is 2.07. The van der Waals surface area contributed by atoms with Crippen molar-refractivity contribution in [3.63, 3.8) is 0 Å². The van der Waals surface area contributed by atoms with Gasteiger partial charge in [-0.3, -0.25) is 9.59 Å². The topological polar surface area (TPSA) is 66.4 Å². The van der Waals surface area contributed by atoms with E-state index >= 15 is 0 Å². The van der Waals surface area contributed by atoms with Gasteiger partial charge in [0.05, 0.1) is 6.10 Å². The first-order valence-corrected chi connectivity index (χ1v) is 23.2. The number of carbonyl (C=O) groups excluding carboxylic acids is 2. The number of ketones is 1. The van der Waals surface area contributed by atoms with Gasteiger partial charge in [-0.25, -0.2) is 0 Å². The molecule has 0 aromatic heterocycles. The molecule has 0 spiro atoms. The number of aliphatic hydroxyl groups excluding tert-OH is 1. The first-order chi connectivity index (χ1) is 25.1. The molecular weight excluding hydrogens is 627 g/mol. The average molecular weight is 718 g/mol. The summed E-state index contributed by atoms with van der Waals surface area (Å²) in [4.78, 5) is 24.4. The number of amides is 1. The Kier molecular flexibility index (Phi) is 42.3. The van der Waals surface area contributed by atoms with E-state index in [2.05, 4.69) is 31.3 Å². The Morgan fingerprint density at radius 2 is 0.745 bits per heavy atom. The van der Waals surface area contributed by atoms with Gasteiger partial charge in [-0.2, -0.15) is 0 Å². The Hall–Kier alpha value is -1.16. The van der Waals surface area contributed by atoms with Crippen LogP contribution in [0.4, 0.5) is 0 Å². The molecule has 1 amide bonds. The second-order valence-corrected chi connectivity index (χ2v) is 16.0. The summed E-state index contributed by atoms with van der Waals surface area (Å²) in [5, 5.41) is 13.2. The normalized spacial score (nSPS) is 12.2. The van der Waals surface area contributed by atoms with Crippen molar-refractivity contribution in [2.75, 3.05) is 6.54 Å². The maximum Gasteiger partial charge on any atom is 0.220 e. The molecule has 0 aliphatic heterocycles. The van der Waals surface area contributed by atoms with Gasteiger partial charge in [0.15, 0.2) is 0 Å². The zero-order valence-electron chi connectivity index (χ0n) is 34.8. The summed E-state index contributed by atoms with van der Waals surface area (Å²) in [7, 11) is 0. The van der Waals surface area contributed by atoms with Crippen LogP contribution < -0.4 is 5.32 Å². The predicted molar refractivity (Wildman–Crippen MR) is 225 cm³/mol. The summed E-state index contributed by atoms with van der Waals surface area (Å²) in [6.45, 7) is 4.96. The van der Waals surface area contributed by atoms with Crippen LogP contribution >= 0.6 is 0 Å². The van der Waals surface area contributed by atoms with E-state index in [4.69, 9.17) is 0 Å². The summed E-state index contributed by atoms with van der Waals surface area (Å²) < 4.78 is 0. The Balaban J connectivity index is 3.34. The first-order valence-electron chi connectivity index (χ1n) is 23.2. The lowest BCUT2D eigenvalue weighted by atomic mass is 10.0. The van der Waals surface area contributed by atoms with E-state index in [1.807, 2.05) is 0 Å². The number of rotatable bonds is 43. The lowest BCUT2D eigenvalue weighted by Crippen LogP contribution is -2.31. The Bertz CT molecular complexity index is 735. The standard InChI is InChI=1S/C47H91NO3/c1-3-5-7-9-11-13-15-17-19-21-22-24-28-32-36-40-45(49)41-37-33-29-26-27-31-35-39-43-47(51)48-44-46(50)42-38-34-30-25-23-20-18-16-14-12-10-8-6-4-2/h17,19,46,50H,3-16,18,20-44H2,1-2H3,(H,48,51)/b19-17-/t46-/m0/s1. The molecule has 1 atom stereocenters. The smallest absolute Gasteiger partial charge is 0.220 e. The molecule has 0 aliphatic carbocycles. The Labute approximate surface area is 320 Å². The maximum absolute atomic E-state index is 12.2. The number of allylic oxidation sites excluding steroid dienone is 2. The molecule has 0 aromatic rings. The molecule has 0 fully saturated rings. The van der Waals surface area contributed by atoms with Crippen LogP contribution in [0.15, 0.2) is 12.2 Å². The van der Waals surface area contributed by atoms with E-state index in [0.717, 1.165) is 51.4 Å². The van der Waals surface area contributed by atoms with Crippen LogP contribution in [0.1, 0.15) is 264 Å². The molecular formula is C47H91NO3. The maximum atomic E-state index is 12.2. The molecule has 0 unspecified atom stereocenters.